The summed E-state index contributed by atoms with van der Waals surface area (Å²) in [7, 11) is 0. The fraction of sp³-hybridized carbons (Fsp3) is 0.667. The second-order valence-electron chi connectivity index (χ2n) is 9.27. The van der Waals surface area contributed by atoms with E-state index < -0.39 is 23.4 Å². The monoisotopic (exact) mass is 435 g/mol. The first-order chi connectivity index (χ1) is 14.4. The van der Waals surface area contributed by atoms with Gasteiger partial charge in [0.05, 0.1) is 6.33 Å². The number of carbonyl (C=O) groups is 2. The van der Waals surface area contributed by atoms with Crippen LogP contribution >= 0.6 is 0 Å². The number of aliphatic hydroxyl groups excluding tert-OH is 1. The Labute approximate surface area is 182 Å². The van der Waals surface area contributed by atoms with E-state index in [0.29, 0.717) is 12.1 Å². The number of imidazole rings is 1. The molecule has 0 saturated carbocycles. The highest BCUT2D eigenvalue weighted by molar-refractivity contribution is 6.12. The van der Waals surface area contributed by atoms with Crippen molar-refractivity contribution in [2.24, 2.45) is 0 Å². The van der Waals surface area contributed by atoms with Crippen LogP contribution in [-0.2, 0) is 9.47 Å². The Hall–Kier alpha value is -2.75. The van der Waals surface area contributed by atoms with Crippen molar-refractivity contribution in [2.75, 3.05) is 11.5 Å². The number of hydrogen-bond donors (Lipinski definition) is 1. The number of carbonyl (C=O) groups excluding carboxylic acids is 2. The molecular formula is C21H33N5O5. The van der Waals surface area contributed by atoms with Crippen molar-refractivity contribution < 1.29 is 24.2 Å². The topological polar surface area (TPSA) is 120 Å². The van der Waals surface area contributed by atoms with Gasteiger partial charge in [0.2, 0.25) is 0 Å². The molecule has 0 bridgehead atoms. The summed E-state index contributed by atoms with van der Waals surface area (Å²) < 4.78 is 12.7. The summed E-state index contributed by atoms with van der Waals surface area (Å²) in [6.45, 7) is 12.3. The van der Waals surface area contributed by atoms with Crippen molar-refractivity contribution in [3.05, 3.63) is 12.7 Å². The first-order valence-electron chi connectivity index (χ1n) is 10.4. The molecule has 2 amide bonds. The van der Waals surface area contributed by atoms with E-state index in [4.69, 9.17) is 9.47 Å². The lowest BCUT2D eigenvalue weighted by molar-refractivity contribution is 0.0429. The minimum Gasteiger partial charge on any atom is -0.443 e. The maximum Gasteiger partial charge on any atom is 0.425 e. The van der Waals surface area contributed by atoms with E-state index in [9.17, 15) is 14.7 Å². The van der Waals surface area contributed by atoms with Crippen molar-refractivity contribution in [3.63, 3.8) is 0 Å². The van der Waals surface area contributed by atoms with Gasteiger partial charge in [0.15, 0.2) is 17.0 Å². The number of nitrogens with zero attached hydrogens (tertiary/aromatic N) is 5. The first-order valence-corrected chi connectivity index (χ1v) is 10.4. The maximum atomic E-state index is 13.0. The molecule has 2 aromatic rings. The molecule has 0 aliphatic rings. The summed E-state index contributed by atoms with van der Waals surface area (Å²) >= 11 is 0. The third-order valence-electron chi connectivity index (χ3n) is 4.18. The third-order valence-corrected chi connectivity index (χ3v) is 4.18. The Morgan fingerprint density at radius 1 is 1.03 bits per heavy atom. The van der Waals surface area contributed by atoms with Crippen molar-refractivity contribution in [1.82, 2.24) is 19.5 Å². The van der Waals surface area contributed by atoms with Gasteiger partial charge in [0.1, 0.15) is 17.5 Å². The van der Waals surface area contributed by atoms with Crippen LogP contribution in [0, 0.1) is 0 Å². The van der Waals surface area contributed by atoms with Crippen molar-refractivity contribution in [3.8, 4) is 0 Å². The van der Waals surface area contributed by atoms with E-state index in [-0.39, 0.29) is 24.0 Å². The van der Waals surface area contributed by atoms with Crippen LogP contribution in [0.5, 0.6) is 0 Å². The van der Waals surface area contributed by atoms with Crippen molar-refractivity contribution in [2.45, 2.75) is 85.0 Å². The SMILES string of the molecule is CCC[C@@H](CCO)n1cnc2c(N(C(=O)OC(C)(C)C)C(=O)OC(C)(C)C)ncnc21. The van der Waals surface area contributed by atoms with Gasteiger partial charge in [0, 0.05) is 12.6 Å². The molecule has 0 radical (unpaired) electrons. The number of hydrogen-bond acceptors (Lipinski definition) is 8. The number of aromatic nitrogens is 4. The molecule has 0 aliphatic carbocycles. The molecule has 0 aliphatic heterocycles. The van der Waals surface area contributed by atoms with E-state index in [0.717, 1.165) is 17.7 Å². The molecular weight excluding hydrogens is 402 g/mol. The second kappa shape index (κ2) is 9.59. The molecule has 1 atom stereocenters. The van der Waals surface area contributed by atoms with Gasteiger partial charge >= 0.3 is 12.2 Å². The molecule has 10 nitrogen and oxygen atoms in total. The lowest BCUT2D eigenvalue weighted by atomic mass is 10.1. The maximum absolute atomic E-state index is 13.0. The predicted molar refractivity (Wildman–Crippen MR) is 116 cm³/mol. The lowest BCUT2D eigenvalue weighted by Crippen LogP contribution is -2.44. The van der Waals surface area contributed by atoms with Crippen molar-refractivity contribution >= 4 is 29.2 Å². The molecule has 172 valence electrons. The van der Waals surface area contributed by atoms with E-state index >= 15 is 0 Å². The van der Waals surface area contributed by atoms with Crippen molar-refractivity contribution in [1.29, 1.82) is 0 Å². The molecule has 2 heterocycles. The summed E-state index contributed by atoms with van der Waals surface area (Å²) in [5, 5.41) is 9.44. The molecule has 2 aromatic heterocycles. The molecule has 0 fully saturated rings. The number of fused-ring (bicyclic) bond motifs is 1. The molecule has 0 spiro atoms. The summed E-state index contributed by atoms with van der Waals surface area (Å²) in [5.74, 6) is -0.0218. The number of aliphatic hydroxyl groups is 1. The number of amides is 2. The Bertz CT molecular complexity index is 879. The van der Waals surface area contributed by atoms with E-state index in [1.54, 1.807) is 47.9 Å². The highest BCUT2D eigenvalue weighted by atomic mass is 16.6. The highest BCUT2D eigenvalue weighted by Crippen LogP contribution is 2.29. The van der Waals surface area contributed by atoms with E-state index in [2.05, 4.69) is 21.9 Å². The van der Waals surface area contributed by atoms with Gasteiger partial charge < -0.3 is 19.1 Å². The molecule has 1 N–H and O–H groups in total. The highest BCUT2D eigenvalue weighted by Gasteiger charge is 2.35. The summed E-state index contributed by atoms with van der Waals surface area (Å²) in [4.78, 5) is 39.5. The zero-order valence-corrected chi connectivity index (χ0v) is 19.4. The largest absolute Gasteiger partial charge is 0.443 e. The molecule has 0 saturated heterocycles. The summed E-state index contributed by atoms with van der Waals surface area (Å²) in [6.07, 6.45) is 3.26. The number of anilines is 1. The molecule has 0 unspecified atom stereocenters. The molecule has 2 rings (SSSR count). The molecule has 31 heavy (non-hydrogen) atoms. The van der Waals surface area contributed by atoms with E-state index in [1.807, 2.05) is 4.57 Å². The summed E-state index contributed by atoms with van der Waals surface area (Å²) in [5.41, 5.74) is -0.959. The standard InChI is InChI=1S/C21H33N5O5/c1-8-9-14(10-11-27)25-13-24-15-16(25)22-12-23-17(15)26(18(28)30-20(2,3)4)19(29)31-21(5,6)7/h12-14,27H,8-11H2,1-7H3/t14-/m0/s1. The van der Waals surface area contributed by atoms with Crippen LogP contribution in [0.4, 0.5) is 15.4 Å². The zero-order valence-electron chi connectivity index (χ0n) is 19.4. The quantitative estimate of drug-likeness (QED) is 0.716. The minimum atomic E-state index is -0.920. The smallest absolute Gasteiger partial charge is 0.425 e. The van der Waals surface area contributed by atoms with Crippen LogP contribution in [0.1, 0.15) is 73.8 Å². The van der Waals surface area contributed by atoms with Gasteiger partial charge in [-0.1, -0.05) is 13.3 Å². The molecule has 0 aromatic carbocycles. The van der Waals surface area contributed by atoms with Gasteiger partial charge in [-0.3, -0.25) is 0 Å². The number of ether oxygens (including phenoxy) is 2. The van der Waals surface area contributed by atoms with Crippen LogP contribution in [0.15, 0.2) is 12.7 Å². The Morgan fingerprint density at radius 2 is 1.61 bits per heavy atom. The van der Waals surface area contributed by atoms with E-state index in [1.165, 1.54) is 6.33 Å². The predicted octanol–water partition coefficient (Wildman–Crippen LogP) is 4.23. The normalized spacial score (nSPS) is 13.2. The fourth-order valence-corrected chi connectivity index (χ4v) is 3.04. The van der Waals surface area contributed by atoms with Crippen LogP contribution in [-0.4, -0.2) is 54.6 Å². The fourth-order valence-electron chi connectivity index (χ4n) is 3.04. The second-order valence-corrected chi connectivity index (χ2v) is 9.27. The van der Waals surface area contributed by atoms with Gasteiger partial charge in [-0.25, -0.2) is 24.5 Å². The van der Waals surface area contributed by atoms with Crippen LogP contribution in [0.2, 0.25) is 0 Å². The van der Waals surface area contributed by atoms with Crippen LogP contribution in [0.25, 0.3) is 11.2 Å². The third kappa shape index (κ3) is 6.36. The number of imide groups is 1. The average Bonchev–Trinajstić information content (AvgIpc) is 3.03. The van der Waals surface area contributed by atoms with Gasteiger partial charge in [0.25, 0.3) is 0 Å². The number of rotatable bonds is 6. The zero-order chi connectivity index (χ0) is 23.4. The Balaban J connectivity index is 2.58. The van der Waals surface area contributed by atoms with Crippen LogP contribution < -0.4 is 4.90 Å². The Kier molecular flexibility index (Phi) is 7.58. The van der Waals surface area contributed by atoms with Gasteiger partial charge in [-0.05, 0) is 54.4 Å². The van der Waals surface area contributed by atoms with Gasteiger partial charge in [-0.2, -0.15) is 4.90 Å². The van der Waals surface area contributed by atoms with Gasteiger partial charge in [-0.15, -0.1) is 0 Å². The Morgan fingerprint density at radius 3 is 2.10 bits per heavy atom. The molecule has 10 heteroatoms. The van der Waals surface area contributed by atoms with Crippen LogP contribution in [0.3, 0.4) is 0 Å². The first kappa shape index (κ1) is 24.5. The lowest BCUT2D eigenvalue weighted by Gasteiger charge is -2.28. The summed E-state index contributed by atoms with van der Waals surface area (Å²) in [6, 6.07) is -0.0285. The average molecular weight is 436 g/mol. The minimum absolute atomic E-state index is 0.0181.